The van der Waals surface area contributed by atoms with Crippen molar-refractivity contribution in [2.45, 2.75) is 32.6 Å². The summed E-state index contributed by atoms with van der Waals surface area (Å²) in [5.74, 6) is 0.952. The molecule has 1 atom stereocenters. The van der Waals surface area contributed by atoms with E-state index in [0.717, 1.165) is 17.7 Å². The van der Waals surface area contributed by atoms with Gasteiger partial charge in [0.2, 0.25) is 0 Å². The number of hydrogen-bond acceptors (Lipinski definition) is 1. The van der Waals surface area contributed by atoms with Crippen molar-refractivity contribution in [3.63, 3.8) is 0 Å². The van der Waals surface area contributed by atoms with Crippen molar-refractivity contribution in [2.24, 2.45) is 18.4 Å². The first-order chi connectivity index (χ1) is 7.14. The fourth-order valence-electron chi connectivity index (χ4n) is 2.19. The van der Waals surface area contributed by atoms with E-state index < -0.39 is 0 Å². The zero-order valence-corrected chi connectivity index (χ0v) is 11.1. The molecule has 0 spiro atoms. The summed E-state index contributed by atoms with van der Waals surface area (Å²) in [7, 11) is 1.98. The first-order valence-electron chi connectivity index (χ1n) is 5.67. The topological polar surface area (TPSA) is 17.8 Å². The Hall–Kier alpha value is -0.310. The summed E-state index contributed by atoms with van der Waals surface area (Å²) < 4.78 is 1.89. The molecule has 1 aliphatic rings. The monoisotopic (exact) mass is 270 g/mol. The SMILES string of the molecule is Cn1cc(CCC(C)(CBr)C2CC2)cn1. The molecule has 0 aromatic carbocycles. The van der Waals surface area contributed by atoms with Gasteiger partial charge in [0.05, 0.1) is 6.20 Å². The van der Waals surface area contributed by atoms with Crippen molar-refractivity contribution in [1.82, 2.24) is 9.78 Å². The molecule has 1 heterocycles. The van der Waals surface area contributed by atoms with Crippen LogP contribution in [0, 0.1) is 11.3 Å². The zero-order chi connectivity index (χ0) is 10.9. The van der Waals surface area contributed by atoms with Crippen molar-refractivity contribution in [2.75, 3.05) is 5.33 Å². The minimum Gasteiger partial charge on any atom is -0.276 e. The Labute approximate surface area is 100 Å². The molecule has 3 heteroatoms. The molecule has 1 fully saturated rings. The number of rotatable bonds is 5. The van der Waals surface area contributed by atoms with Gasteiger partial charge in [0, 0.05) is 18.6 Å². The molecule has 1 aromatic rings. The summed E-state index contributed by atoms with van der Waals surface area (Å²) in [5.41, 5.74) is 1.86. The molecular formula is C12H19BrN2. The Morgan fingerprint density at radius 1 is 1.60 bits per heavy atom. The average molecular weight is 271 g/mol. The second-order valence-corrected chi connectivity index (χ2v) is 5.64. The molecule has 1 unspecified atom stereocenters. The van der Waals surface area contributed by atoms with Crippen LogP contribution in [0.3, 0.4) is 0 Å². The summed E-state index contributed by atoms with van der Waals surface area (Å²) >= 11 is 3.67. The van der Waals surface area contributed by atoms with Gasteiger partial charge < -0.3 is 0 Å². The molecule has 0 N–H and O–H groups in total. The lowest BCUT2D eigenvalue weighted by atomic mass is 9.82. The third kappa shape index (κ3) is 2.63. The number of aryl methyl sites for hydroxylation is 2. The van der Waals surface area contributed by atoms with Gasteiger partial charge >= 0.3 is 0 Å². The summed E-state index contributed by atoms with van der Waals surface area (Å²) in [6, 6.07) is 0. The van der Waals surface area contributed by atoms with Crippen molar-refractivity contribution in [3.05, 3.63) is 18.0 Å². The molecule has 0 aliphatic heterocycles. The third-order valence-electron chi connectivity index (χ3n) is 3.61. The van der Waals surface area contributed by atoms with E-state index in [1.54, 1.807) is 0 Å². The molecule has 2 nitrogen and oxygen atoms in total. The van der Waals surface area contributed by atoms with Crippen molar-refractivity contribution in [1.29, 1.82) is 0 Å². The van der Waals surface area contributed by atoms with Crippen molar-refractivity contribution >= 4 is 15.9 Å². The van der Waals surface area contributed by atoms with Gasteiger partial charge in [-0.25, -0.2) is 0 Å². The van der Waals surface area contributed by atoms with E-state index in [2.05, 4.69) is 34.1 Å². The van der Waals surface area contributed by atoms with Gasteiger partial charge in [-0.3, -0.25) is 4.68 Å². The predicted molar refractivity (Wildman–Crippen MR) is 66.2 cm³/mol. The van der Waals surface area contributed by atoms with E-state index in [4.69, 9.17) is 0 Å². The van der Waals surface area contributed by atoms with E-state index in [-0.39, 0.29) is 0 Å². The fraction of sp³-hybridized carbons (Fsp3) is 0.750. The van der Waals surface area contributed by atoms with Gasteiger partial charge in [-0.15, -0.1) is 0 Å². The lowest BCUT2D eigenvalue weighted by Gasteiger charge is -2.27. The van der Waals surface area contributed by atoms with Gasteiger partial charge in [-0.05, 0) is 42.6 Å². The Morgan fingerprint density at radius 2 is 2.33 bits per heavy atom. The summed E-state index contributed by atoms with van der Waals surface area (Å²) in [4.78, 5) is 0. The van der Waals surface area contributed by atoms with Crippen LogP contribution in [0.2, 0.25) is 0 Å². The normalized spacial score (nSPS) is 20.2. The highest BCUT2D eigenvalue weighted by molar-refractivity contribution is 9.09. The zero-order valence-electron chi connectivity index (χ0n) is 9.54. The fourth-order valence-corrected chi connectivity index (χ4v) is 2.93. The first kappa shape index (κ1) is 11.2. The molecule has 1 aromatic heterocycles. The Morgan fingerprint density at radius 3 is 2.80 bits per heavy atom. The number of aromatic nitrogens is 2. The number of halogens is 1. The minimum absolute atomic E-state index is 0.496. The summed E-state index contributed by atoms with van der Waals surface area (Å²) in [6.45, 7) is 2.41. The van der Waals surface area contributed by atoms with Crippen molar-refractivity contribution < 1.29 is 0 Å². The molecule has 0 bridgehead atoms. The van der Waals surface area contributed by atoms with Crippen LogP contribution < -0.4 is 0 Å². The maximum atomic E-state index is 4.21. The van der Waals surface area contributed by atoms with Crippen LogP contribution in [0.25, 0.3) is 0 Å². The second-order valence-electron chi connectivity index (χ2n) is 5.08. The van der Waals surface area contributed by atoms with Crippen LogP contribution in [-0.2, 0) is 13.5 Å². The first-order valence-corrected chi connectivity index (χ1v) is 6.80. The average Bonchev–Trinajstić information content (AvgIpc) is 3.00. The number of hydrogen-bond donors (Lipinski definition) is 0. The van der Waals surface area contributed by atoms with E-state index in [9.17, 15) is 0 Å². The maximum absolute atomic E-state index is 4.21. The maximum Gasteiger partial charge on any atom is 0.0521 e. The largest absolute Gasteiger partial charge is 0.276 e. The van der Waals surface area contributed by atoms with E-state index in [1.165, 1.54) is 24.8 Å². The predicted octanol–water partition coefficient (Wildman–Crippen LogP) is 3.16. The smallest absolute Gasteiger partial charge is 0.0521 e. The molecule has 1 saturated carbocycles. The Kier molecular flexibility index (Phi) is 3.19. The molecule has 0 saturated heterocycles. The van der Waals surface area contributed by atoms with Crippen LogP contribution in [-0.4, -0.2) is 15.1 Å². The quantitative estimate of drug-likeness (QED) is 0.752. The minimum atomic E-state index is 0.496. The molecule has 1 aliphatic carbocycles. The van der Waals surface area contributed by atoms with Crippen LogP contribution in [0.1, 0.15) is 31.7 Å². The van der Waals surface area contributed by atoms with Crippen LogP contribution in [0.4, 0.5) is 0 Å². The summed E-state index contributed by atoms with van der Waals surface area (Å²) in [5, 5.41) is 5.34. The standard InChI is InChI=1S/C12H19BrN2/c1-12(9-13,11-3-4-11)6-5-10-7-14-15(2)8-10/h7-8,11H,3-6,9H2,1-2H3. The molecule has 2 rings (SSSR count). The van der Waals surface area contributed by atoms with Gasteiger partial charge in [0.1, 0.15) is 0 Å². The lowest BCUT2D eigenvalue weighted by Crippen LogP contribution is -2.21. The number of nitrogens with zero attached hydrogens (tertiary/aromatic N) is 2. The molecule has 84 valence electrons. The highest BCUT2D eigenvalue weighted by Crippen LogP contribution is 2.48. The molecule has 0 radical (unpaired) electrons. The van der Waals surface area contributed by atoms with Crippen LogP contribution in [0.15, 0.2) is 12.4 Å². The van der Waals surface area contributed by atoms with Crippen LogP contribution >= 0.6 is 15.9 Å². The lowest BCUT2D eigenvalue weighted by molar-refractivity contribution is 0.294. The second kappa shape index (κ2) is 4.28. The number of alkyl halides is 1. The highest BCUT2D eigenvalue weighted by Gasteiger charge is 2.40. The van der Waals surface area contributed by atoms with Gasteiger partial charge in [-0.1, -0.05) is 22.9 Å². The van der Waals surface area contributed by atoms with Gasteiger partial charge in [-0.2, -0.15) is 5.10 Å². The molecular weight excluding hydrogens is 252 g/mol. The van der Waals surface area contributed by atoms with E-state index >= 15 is 0 Å². The highest BCUT2D eigenvalue weighted by atomic mass is 79.9. The van der Waals surface area contributed by atoms with E-state index in [1.807, 2.05) is 17.9 Å². The molecule has 15 heavy (non-hydrogen) atoms. The van der Waals surface area contributed by atoms with Crippen LogP contribution in [0.5, 0.6) is 0 Å². The van der Waals surface area contributed by atoms with Gasteiger partial charge in [0.25, 0.3) is 0 Å². The van der Waals surface area contributed by atoms with Crippen molar-refractivity contribution in [3.8, 4) is 0 Å². The Balaban J connectivity index is 1.91. The molecule has 0 amide bonds. The third-order valence-corrected chi connectivity index (χ3v) is 4.89. The van der Waals surface area contributed by atoms with E-state index in [0.29, 0.717) is 5.41 Å². The Bertz CT molecular complexity index is 330. The summed E-state index contributed by atoms with van der Waals surface area (Å²) in [6.07, 6.45) is 9.40. The van der Waals surface area contributed by atoms with Gasteiger partial charge in [0.15, 0.2) is 0 Å².